The Labute approximate surface area is 112 Å². The number of benzene rings is 1. The standard InChI is InChI=1S/C16H17N3/c1-16(2,3)14-6-4-12(5-7-14)13-10-17-15-8-9-18-19(15)11-13/h4-11H,1-3H3. The molecule has 1 aromatic carbocycles. The van der Waals surface area contributed by atoms with Crippen LogP contribution in [0.15, 0.2) is 48.9 Å². The maximum absolute atomic E-state index is 4.39. The Morgan fingerprint density at radius 2 is 1.68 bits per heavy atom. The van der Waals surface area contributed by atoms with Gasteiger partial charge in [0.1, 0.15) is 0 Å². The molecule has 0 unspecified atom stereocenters. The minimum atomic E-state index is 0.183. The van der Waals surface area contributed by atoms with Crippen molar-refractivity contribution in [1.29, 1.82) is 0 Å². The molecule has 2 aromatic heterocycles. The third kappa shape index (κ3) is 2.24. The van der Waals surface area contributed by atoms with Gasteiger partial charge in [-0.25, -0.2) is 9.50 Å². The van der Waals surface area contributed by atoms with Crippen LogP contribution in [0.3, 0.4) is 0 Å². The number of fused-ring (bicyclic) bond motifs is 1. The van der Waals surface area contributed by atoms with Crippen LogP contribution in [-0.4, -0.2) is 14.6 Å². The second-order valence-electron chi connectivity index (χ2n) is 5.80. The predicted molar refractivity (Wildman–Crippen MR) is 77.1 cm³/mol. The lowest BCUT2D eigenvalue weighted by Gasteiger charge is -2.19. The van der Waals surface area contributed by atoms with Gasteiger partial charge in [0.2, 0.25) is 0 Å². The van der Waals surface area contributed by atoms with E-state index in [2.05, 4.69) is 55.1 Å². The molecule has 3 nitrogen and oxygen atoms in total. The molecule has 0 radical (unpaired) electrons. The van der Waals surface area contributed by atoms with Crippen LogP contribution >= 0.6 is 0 Å². The zero-order valence-electron chi connectivity index (χ0n) is 11.5. The second kappa shape index (κ2) is 4.19. The highest BCUT2D eigenvalue weighted by molar-refractivity contribution is 5.63. The lowest BCUT2D eigenvalue weighted by Crippen LogP contribution is -2.10. The van der Waals surface area contributed by atoms with E-state index in [0.717, 1.165) is 16.8 Å². The summed E-state index contributed by atoms with van der Waals surface area (Å²) in [7, 11) is 0. The van der Waals surface area contributed by atoms with E-state index in [1.54, 1.807) is 10.7 Å². The van der Waals surface area contributed by atoms with Gasteiger partial charge < -0.3 is 0 Å². The summed E-state index contributed by atoms with van der Waals surface area (Å²) in [6.07, 6.45) is 5.66. The minimum absolute atomic E-state index is 0.183. The van der Waals surface area contributed by atoms with Gasteiger partial charge in [0.05, 0.1) is 6.20 Å². The Morgan fingerprint density at radius 3 is 2.37 bits per heavy atom. The first kappa shape index (κ1) is 11.9. The molecule has 96 valence electrons. The molecule has 0 atom stereocenters. The van der Waals surface area contributed by atoms with Crippen LogP contribution in [0, 0.1) is 0 Å². The van der Waals surface area contributed by atoms with Crippen molar-refractivity contribution in [2.75, 3.05) is 0 Å². The molecule has 0 bridgehead atoms. The highest BCUT2D eigenvalue weighted by Crippen LogP contribution is 2.25. The van der Waals surface area contributed by atoms with Crippen molar-refractivity contribution < 1.29 is 0 Å². The fourth-order valence-corrected chi connectivity index (χ4v) is 2.12. The number of nitrogens with zero attached hydrogens (tertiary/aromatic N) is 3. The summed E-state index contributed by atoms with van der Waals surface area (Å²) in [4.78, 5) is 4.39. The molecule has 3 aromatic rings. The third-order valence-corrected chi connectivity index (χ3v) is 3.33. The summed E-state index contributed by atoms with van der Waals surface area (Å²) in [5.41, 5.74) is 4.64. The molecule has 0 saturated carbocycles. The van der Waals surface area contributed by atoms with Gasteiger partial charge in [-0.2, -0.15) is 5.10 Å². The van der Waals surface area contributed by atoms with Gasteiger partial charge in [0.25, 0.3) is 0 Å². The molecule has 3 rings (SSSR count). The molecule has 0 N–H and O–H groups in total. The van der Waals surface area contributed by atoms with E-state index in [1.165, 1.54) is 5.56 Å². The van der Waals surface area contributed by atoms with Crippen LogP contribution in [-0.2, 0) is 5.41 Å². The molecule has 0 aliphatic carbocycles. The number of hydrogen-bond donors (Lipinski definition) is 0. The van der Waals surface area contributed by atoms with Crippen molar-refractivity contribution in [3.05, 3.63) is 54.5 Å². The average Bonchev–Trinajstić information content (AvgIpc) is 2.85. The molecule has 0 saturated heterocycles. The largest absolute Gasteiger partial charge is 0.236 e. The fourth-order valence-electron chi connectivity index (χ4n) is 2.12. The molecular weight excluding hydrogens is 234 g/mol. The molecule has 3 heteroatoms. The maximum Gasteiger partial charge on any atom is 0.154 e. The van der Waals surface area contributed by atoms with Gasteiger partial charge in [0, 0.05) is 24.0 Å². The first-order valence-electron chi connectivity index (χ1n) is 6.44. The van der Waals surface area contributed by atoms with E-state index < -0.39 is 0 Å². The van der Waals surface area contributed by atoms with Gasteiger partial charge in [-0.3, -0.25) is 0 Å². The molecule has 2 heterocycles. The van der Waals surface area contributed by atoms with Crippen molar-refractivity contribution in [3.63, 3.8) is 0 Å². The molecule has 0 amide bonds. The van der Waals surface area contributed by atoms with Gasteiger partial charge in [-0.05, 0) is 16.5 Å². The highest BCUT2D eigenvalue weighted by atomic mass is 15.2. The van der Waals surface area contributed by atoms with Crippen LogP contribution in [0.5, 0.6) is 0 Å². The lowest BCUT2D eigenvalue weighted by atomic mass is 9.86. The summed E-state index contributed by atoms with van der Waals surface area (Å²) < 4.78 is 1.80. The van der Waals surface area contributed by atoms with Crippen molar-refractivity contribution >= 4 is 5.65 Å². The first-order valence-corrected chi connectivity index (χ1v) is 6.44. The maximum atomic E-state index is 4.39. The van der Waals surface area contributed by atoms with E-state index >= 15 is 0 Å². The molecule has 0 aliphatic rings. The zero-order chi connectivity index (χ0) is 13.5. The minimum Gasteiger partial charge on any atom is -0.236 e. The second-order valence-corrected chi connectivity index (χ2v) is 5.80. The Balaban J connectivity index is 2.01. The molecule has 0 spiro atoms. The smallest absolute Gasteiger partial charge is 0.154 e. The van der Waals surface area contributed by atoms with E-state index in [0.29, 0.717) is 0 Å². The van der Waals surface area contributed by atoms with Crippen molar-refractivity contribution in [2.45, 2.75) is 26.2 Å². The Hall–Kier alpha value is -2.16. The first-order chi connectivity index (χ1) is 9.04. The lowest BCUT2D eigenvalue weighted by molar-refractivity contribution is 0.590. The summed E-state index contributed by atoms with van der Waals surface area (Å²) in [5.74, 6) is 0. The predicted octanol–water partition coefficient (Wildman–Crippen LogP) is 3.69. The molecule has 0 fully saturated rings. The van der Waals surface area contributed by atoms with Gasteiger partial charge >= 0.3 is 0 Å². The van der Waals surface area contributed by atoms with Crippen molar-refractivity contribution in [3.8, 4) is 11.1 Å². The molecule has 19 heavy (non-hydrogen) atoms. The zero-order valence-corrected chi connectivity index (χ0v) is 11.5. The Kier molecular flexibility index (Phi) is 2.63. The van der Waals surface area contributed by atoms with Crippen LogP contribution < -0.4 is 0 Å². The van der Waals surface area contributed by atoms with E-state index in [4.69, 9.17) is 0 Å². The van der Waals surface area contributed by atoms with Crippen LogP contribution in [0.4, 0.5) is 0 Å². The summed E-state index contributed by atoms with van der Waals surface area (Å²) >= 11 is 0. The van der Waals surface area contributed by atoms with Crippen LogP contribution in [0.1, 0.15) is 26.3 Å². The summed E-state index contributed by atoms with van der Waals surface area (Å²) in [6.45, 7) is 6.66. The van der Waals surface area contributed by atoms with E-state index in [9.17, 15) is 0 Å². The molecule has 0 aliphatic heterocycles. The van der Waals surface area contributed by atoms with E-state index in [-0.39, 0.29) is 5.41 Å². The Bertz CT molecular complexity index is 703. The number of rotatable bonds is 1. The Morgan fingerprint density at radius 1 is 0.947 bits per heavy atom. The molecular formula is C16H17N3. The number of hydrogen-bond acceptors (Lipinski definition) is 2. The van der Waals surface area contributed by atoms with E-state index in [1.807, 2.05) is 18.5 Å². The van der Waals surface area contributed by atoms with Crippen LogP contribution in [0.25, 0.3) is 16.8 Å². The van der Waals surface area contributed by atoms with Crippen molar-refractivity contribution in [1.82, 2.24) is 14.6 Å². The third-order valence-electron chi connectivity index (χ3n) is 3.33. The normalized spacial score (nSPS) is 11.9. The highest BCUT2D eigenvalue weighted by Gasteiger charge is 2.13. The SMILES string of the molecule is CC(C)(C)c1ccc(-c2cnc3ccnn3c2)cc1. The number of aromatic nitrogens is 3. The van der Waals surface area contributed by atoms with Gasteiger partial charge in [-0.15, -0.1) is 0 Å². The van der Waals surface area contributed by atoms with Crippen molar-refractivity contribution in [2.24, 2.45) is 0 Å². The fraction of sp³-hybridized carbons (Fsp3) is 0.250. The summed E-state index contributed by atoms with van der Waals surface area (Å²) in [6, 6.07) is 10.6. The monoisotopic (exact) mass is 251 g/mol. The summed E-state index contributed by atoms with van der Waals surface area (Å²) in [5, 5.41) is 4.22. The topological polar surface area (TPSA) is 30.2 Å². The average molecular weight is 251 g/mol. The van der Waals surface area contributed by atoms with Gasteiger partial charge in [-0.1, -0.05) is 45.0 Å². The van der Waals surface area contributed by atoms with Gasteiger partial charge in [0.15, 0.2) is 5.65 Å². The quantitative estimate of drug-likeness (QED) is 0.660. The van der Waals surface area contributed by atoms with Crippen LogP contribution in [0.2, 0.25) is 0 Å².